The normalized spacial score (nSPS) is 22.3. The van der Waals surface area contributed by atoms with Gasteiger partial charge in [0.25, 0.3) is 0 Å². The molecule has 3 aliphatic rings. The van der Waals surface area contributed by atoms with Crippen LogP contribution in [0.1, 0.15) is 75.5 Å². The molecule has 9 heteroatoms. The lowest BCUT2D eigenvalue weighted by atomic mass is 9.88. The van der Waals surface area contributed by atoms with Gasteiger partial charge >= 0.3 is 0 Å². The van der Waals surface area contributed by atoms with Crippen molar-refractivity contribution < 1.29 is 14.0 Å². The Labute approximate surface area is 274 Å². The molecule has 2 amide bonds. The summed E-state index contributed by atoms with van der Waals surface area (Å²) in [6.45, 7) is 8.63. The van der Waals surface area contributed by atoms with Crippen LogP contribution >= 0.6 is 11.6 Å². The summed E-state index contributed by atoms with van der Waals surface area (Å²) >= 11 is 6.22. The third kappa shape index (κ3) is 8.19. The molecule has 2 saturated heterocycles. The van der Waals surface area contributed by atoms with E-state index < -0.39 is 0 Å². The lowest BCUT2D eigenvalue weighted by Gasteiger charge is -2.39. The van der Waals surface area contributed by atoms with Gasteiger partial charge in [0.2, 0.25) is 11.8 Å². The van der Waals surface area contributed by atoms with E-state index in [1.807, 2.05) is 42.1 Å². The molecule has 3 fully saturated rings. The molecular formula is C36H51ClFN5O2. The summed E-state index contributed by atoms with van der Waals surface area (Å²) in [6.07, 6.45) is 6.66. The standard InChI is InChI=1S/C36H51ClFN5O2/c1-25(2)34(39-33(44)17-18-40(3)4)29-11-8-12-32(38)35(29)41-19-21-42(22-20-41)36(45)31-24-43(28-9-6-5-7-10-28)23-30(31)26-13-15-27(37)16-14-26/h8,11-16,25,28,30-31,34H,5-7,9-10,17-24H2,1-4H3,(H,39,44)/t30?,31?,34-/m0/s1. The van der Waals surface area contributed by atoms with Crippen LogP contribution in [0, 0.1) is 17.7 Å². The summed E-state index contributed by atoms with van der Waals surface area (Å²) in [7, 11) is 3.89. The number of nitrogens with zero attached hydrogens (tertiary/aromatic N) is 4. The number of hydrogen-bond donors (Lipinski definition) is 1. The van der Waals surface area contributed by atoms with Gasteiger partial charge in [-0.25, -0.2) is 4.39 Å². The zero-order valence-electron chi connectivity index (χ0n) is 27.5. The quantitative estimate of drug-likeness (QED) is 0.349. The fourth-order valence-electron chi connectivity index (χ4n) is 7.55. The van der Waals surface area contributed by atoms with Crippen LogP contribution in [-0.4, -0.2) is 92.5 Å². The number of piperazine rings is 1. The Hall–Kier alpha value is -2.68. The van der Waals surface area contributed by atoms with Crippen molar-refractivity contribution in [1.29, 1.82) is 0 Å². The highest BCUT2D eigenvalue weighted by Crippen LogP contribution is 2.39. The van der Waals surface area contributed by atoms with Gasteiger partial charge in [0.15, 0.2) is 0 Å². The third-order valence-corrected chi connectivity index (χ3v) is 10.3. The molecule has 1 N–H and O–H groups in total. The van der Waals surface area contributed by atoms with Crippen molar-refractivity contribution in [3.8, 4) is 0 Å². The number of nitrogens with one attached hydrogen (secondary N) is 1. The predicted octanol–water partition coefficient (Wildman–Crippen LogP) is 5.94. The molecule has 0 bridgehead atoms. The van der Waals surface area contributed by atoms with Crippen LogP contribution in [0.2, 0.25) is 5.02 Å². The first-order chi connectivity index (χ1) is 21.6. The Morgan fingerprint density at radius 3 is 2.31 bits per heavy atom. The Morgan fingerprint density at radius 1 is 0.978 bits per heavy atom. The van der Waals surface area contributed by atoms with Crippen LogP contribution in [0.15, 0.2) is 42.5 Å². The number of amides is 2. The number of rotatable bonds is 10. The molecule has 2 unspecified atom stereocenters. The minimum Gasteiger partial charge on any atom is -0.365 e. The van der Waals surface area contributed by atoms with Crippen LogP contribution in [0.5, 0.6) is 0 Å². The maximum absolute atomic E-state index is 15.6. The molecule has 246 valence electrons. The van der Waals surface area contributed by atoms with Gasteiger partial charge in [-0.1, -0.05) is 69.0 Å². The molecule has 1 saturated carbocycles. The average molecular weight is 640 g/mol. The molecule has 2 aromatic carbocycles. The molecular weight excluding hydrogens is 589 g/mol. The third-order valence-electron chi connectivity index (χ3n) is 10.1. The van der Waals surface area contributed by atoms with Crippen molar-refractivity contribution in [3.05, 3.63) is 64.4 Å². The van der Waals surface area contributed by atoms with E-state index >= 15 is 4.39 Å². The smallest absolute Gasteiger partial charge is 0.227 e. The number of anilines is 1. The molecule has 45 heavy (non-hydrogen) atoms. The van der Waals surface area contributed by atoms with E-state index in [-0.39, 0.29) is 41.4 Å². The van der Waals surface area contributed by atoms with E-state index in [0.717, 1.165) is 18.7 Å². The van der Waals surface area contributed by atoms with Crippen LogP contribution in [-0.2, 0) is 9.59 Å². The molecule has 0 aromatic heterocycles. The van der Waals surface area contributed by atoms with E-state index in [4.69, 9.17) is 11.6 Å². The molecule has 5 rings (SSSR count). The average Bonchev–Trinajstić information content (AvgIpc) is 3.48. The van der Waals surface area contributed by atoms with E-state index in [1.54, 1.807) is 6.07 Å². The van der Waals surface area contributed by atoms with Crippen LogP contribution in [0.25, 0.3) is 0 Å². The number of hydrogen-bond acceptors (Lipinski definition) is 5. The van der Waals surface area contributed by atoms with Gasteiger partial charge in [-0.05, 0) is 56.6 Å². The lowest BCUT2D eigenvalue weighted by molar-refractivity contribution is -0.136. The first-order valence-corrected chi connectivity index (χ1v) is 17.3. The monoisotopic (exact) mass is 639 g/mol. The van der Waals surface area contributed by atoms with E-state index in [2.05, 4.69) is 41.1 Å². The minimum absolute atomic E-state index is 0.0397. The van der Waals surface area contributed by atoms with Crippen molar-refractivity contribution >= 4 is 29.1 Å². The van der Waals surface area contributed by atoms with E-state index in [9.17, 15) is 9.59 Å². The van der Waals surface area contributed by atoms with Gasteiger partial charge in [0.1, 0.15) is 5.82 Å². The minimum atomic E-state index is -0.311. The molecule has 2 aliphatic heterocycles. The second kappa shape index (κ2) is 15.3. The molecule has 1 aliphatic carbocycles. The first kappa shape index (κ1) is 33.7. The number of likely N-dealkylation sites (tertiary alicyclic amines) is 1. The highest BCUT2D eigenvalue weighted by atomic mass is 35.5. The second-order valence-electron chi connectivity index (χ2n) is 13.8. The van der Waals surface area contributed by atoms with Crippen LogP contribution in [0.3, 0.4) is 0 Å². The van der Waals surface area contributed by atoms with E-state index in [1.165, 1.54) is 43.7 Å². The summed E-state index contributed by atoms with van der Waals surface area (Å²) in [5.41, 5.74) is 2.52. The van der Waals surface area contributed by atoms with Crippen molar-refractivity contribution in [2.75, 3.05) is 64.8 Å². The number of carbonyl (C=O) groups excluding carboxylic acids is 2. The predicted molar refractivity (Wildman–Crippen MR) is 180 cm³/mol. The molecule has 0 spiro atoms. The van der Waals surface area contributed by atoms with Gasteiger partial charge < -0.3 is 20.0 Å². The number of carbonyl (C=O) groups is 2. The van der Waals surface area contributed by atoms with E-state index in [0.29, 0.717) is 55.9 Å². The topological polar surface area (TPSA) is 59.1 Å². The Balaban J connectivity index is 1.30. The van der Waals surface area contributed by atoms with Crippen molar-refractivity contribution in [2.45, 2.75) is 70.4 Å². The summed E-state index contributed by atoms with van der Waals surface area (Å²) in [5.74, 6) is -0.0163. The van der Waals surface area contributed by atoms with Gasteiger partial charge in [-0.15, -0.1) is 0 Å². The maximum Gasteiger partial charge on any atom is 0.227 e. The van der Waals surface area contributed by atoms with Gasteiger partial charge in [-0.3, -0.25) is 14.5 Å². The Bertz CT molecular complexity index is 1290. The first-order valence-electron chi connectivity index (χ1n) is 16.9. The van der Waals surface area contributed by atoms with Gasteiger partial charge in [-0.2, -0.15) is 0 Å². The Kier molecular flexibility index (Phi) is 11.4. The van der Waals surface area contributed by atoms with Crippen LogP contribution in [0.4, 0.5) is 10.1 Å². The maximum atomic E-state index is 15.6. The zero-order valence-corrected chi connectivity index (χ0v) is 28.2. The second-order valence-corrected chi connectivity index (χ2v) is 14.3. The Morgan fingerprint density at radius 2 is 1.67 bits per heavy atom. The molecule has 3 atom stereocenters. The largest absolute Gasteiger partial charge is 0.365 e. The molecule has 2 aromatic rings. The SMILES string of the molecule is CC(C)[C@H](NC(=O)CCN(C)C)c1cccc(F)c1N1CCN(C(=O)C2CN(C3CCCCC3)CC2c2ccc(Cl)cc2)CC1. The zero-order chi connectivity index (χ0) is 32.1. The summed E-state index contributed by atoms with van der Waals surface area (Å²) in [5, 5.41) is 3.89. The van der Waals surface area contributed by atoms with Gasteiger partial charge in [0, 0.05) is 74.8 Å². The summed E-state index contributed by atoms with van der Waals surface area (Å²) in [6, 6.07) is 13.4. The highest BCUT2D eigenvalue weighted by Gasteiger charge is 2.43. The number of benzene rings is 2. The summed E-state index contributed by atoms with van der Waals surface area (Å²) in [4.78, 5) is 35.7. The molecule has 0 radical (unpaired) electrons. The fourth-order valence-corrected chi connectivity index (χ4v) is 7.68. The number of halogens is 2. The van der Waals surface area contributed by atoms with Crippen molar-refractivity contribution in [3.63, 3.8) is 0 Å². The van der Waals surface area contributed by atoms with Crippen LogP contribution < -0.4 is 10.2 Å². The van der Waals surface area contributed by atoms with Crippen molar-refractivity contribution in [1.82, 2.24) is 20.0 Å². The number of para-hydroxylation sites is 1. The lowest BCUT2D eigenvalue weighted by Crippen LogP contribution is -2.52. The molecule has 7 nitrogen and oxygen atoms in total. The van der Waals surface area contributed by atoms with Gasteiger partial charge in [0.05, 0.1) is 17.6 Å². The summed E-state index contributed by atoms with van der Waals surface area (Å²) < 4.78 is 15.6. The fraction of sp³-hybridized carbons (Fsp3) is 0.611. The highest BCUT2D eigenvalue weighted by molar-refractivity contribution is 6.30. The van der Waals surface area contributed by atoms with Crippen molar-refractivity contribution in [2.24, 2.45) is 11.8 Å². The molecule has 2 heterocycles.